The Balaban J connectivity index is 2.05. The van der Waals surface area contributed by atoms with Gasteiger partial charge in [0, 0.05) is 0 Å². The summed E-state index contributed by atoms with van der Waals surface area (Å²) in [5.74, 6) is 2.82. The molecule has 0 N–H and O–H groups in total. The van der Waals surface area contributed by atoms with Gasteiger partial charge < -0.3 is 0 Å². The minimum absolute atomic E-state index is 0.596. The molecule has 0 aromatic carbocycles. The van der Waals surface area contributed by atoms with Crippen molar-refractivity contribution >= 4 is 0 Å². The first-order chi connectivity index (χ1) is 6.96. The summed E-state index contributed by atoms with van der Waals surface area (Å²) in [6, 6.07) is 0. The Morgan fingerprint density at radius 2 is 2.00 bits per heavy atom. The van der Waals surface area contributed by atoms with Crippen LogP contribution in [-0.4, -0.2) is 0 Å². The van der Waals surface area contributed by atoms with Crippen LogP contribution >= 0.6 is 0 Å². The summed E-state index contributed by atoms with van der Waals surface area (Å²) in [6.07, 6.45) is 8.49. The molecule has 4 atom stereocenters. The molecule has 0 heteroatoms. The Morgan fingerprint density at radius 1 is 1.27 bits per heavy atom. The van der Waals surface area contributed by atoms with Crippen LogP contribution in [0.3, 0.4) is 0 Å². The lowest BCUT2D eigenvalue weighted by atomic mass is 9.67. The maximum atomic E-state index is 2.63. The third-order valence-electron chi connectivity index (χ3n) is 5.72. The molecule has 15 heavy (non-hydrogen) atoms. The summed E-state index contributed by atoms with van der Waals surface area (Å²) < 4.78 is 0. The molecule has 0 aromatic rings. The minimum atomic E-state index is 0.596. The Bertz CT molecular complexity index is 323. The van der Waals surface area contributed by atoms with Crippen molar-refractivity contribution in [3.05, 3.63) is 11.6 Å². The van der Waals surface area contributed by atoms with E-state index in [-0.39, 0.29) is 0 Å². The van der Waals surface area contributed by atoms with Crippen LogP contribution in [0.4, 0.5) is 0 Å². The van der Waals surface area contributed by atoms with Gasteiger partial charge in [0.1, 0.15) is 0 Å². The summed E-state index contributed by atoms with van der Waals surface area (Å²) in [6.45, 7) is 9.85. The van der Waals surface area contributed by atoms with Gasteiger partial charge in [-0.3, -0.25) is 0 Å². The Hall–Kier alpha value is -0.260. The largest absolute Gasteiger partial charge is 0.0816 e. The third-order valence-corrected chi connectivity index (χ3v) is 5.72. The molecule has 84 valence electrons. The van der Waals surface area contributed by atoms with Crippen LogP contribution in [0, 0.1) is 28.6 Å². The maximum absolute atomic E-state index is 2.63. The van der Waals surface area contributed by atoms with Crippen LogP contribution in [0.5, 0.6) is 0 Å². The van der Waals surface area contributed by atoms with E-state index in [0.717, 1.165) is 17.8 Å². The monoisotopic (exact) mass is 204 g/mol. The maximum Gasteiger partial charge on any atom is -0.0138 e. The van der Waals surface area contributed by atoms with Gasteiger partial charge in [-0.2, -0.15) is 0 Å². The van der Waals surface area contributed by atoms with Gasteiger partial charge in [0.15, 0.2) is 0 Å². The van der Waals surface area contributed by atoms with E-state index in [1.165, 1.54) is 25.7 Å². The highest BCUT2D eigenvalue weighted by atomic mass is 14.7. The normalized spacial score (nSPS) is 51.5. The van der Waals surface area contributed by atoms with Crippen molar-refractivity contribution in [2.75, 3.05) is 0 Å². The number of hydrogen-bond acceptors (Lipinski definition) is 0. The standard InChI is InChI=1S/C15H24/c1-10-7-12-8-14(3,4)9-15(12)11(2)5-6-13(10)15/h7,11-13H,5-6,8-9H2,1-4H3/t11-,12-,13+,15+/m1/s1. The van der Waals surface area contributed by atoms with E-state index >= 15 is 0 Å². The van der Waals surface area contributed by atoms with Gasteiger partial charge in [0.05, 0.1) is 0 Å². The Kier molecular flexibility index (Phi) is 1.79. The molecule has 3 aliphatic carbocycles. The Morgan fingerprint density at radius 3 is 2.73 bits per heavy atom. The molecule has 0 aromatic heterocycles. The number of hydrogen-bond donors (Lipinski definition) is 0. The molecule has 3 rings (SSSR count). The fourth-order valence-electron chi connectivity index (χ4n) is 5.34. The van der Waals surface area contributed by atoms with Crippen molar-refractivity contribution in [1.29, 1.82) is 0 Å². The number of allylic oxidation sites excluding steroid dienone is 2. The molecule has 0 heterocycles. The second kappa shape index (κ2) is 2.70. The minimum Gasteiger partial charge on any atom is -0.0816 e. The van der Waals surface area contributed by atoms with E-state index in [1.54, 1.807) is 5.57 Å². The first-order valence-corrected chi connectivity index (χ1v) is 6.64. The SMILES string of the molecule is CC1=C[C@@H]2CC(C)(C)C[C@]23[C@H](C)CC[C@@H]13. The quantitative estimate of drug-likeness (QED) is 0.513. The number of rotatable bonds is 0. The highest BCUT2D eigenvalue weighted by Gasteiger charge is 2.61. The molecule has 1 spiro atoms. The summed E-state index contributed by atoms with van der Waals surface area (Å²) in [7, 11) is 0. The Labute approximate surface area is 94.1 Å². The first kappa shape index (κ1) is 9.93. The second-order valence-electron chi connectivity index (χ2n) is 7.21. The first-order valence-electron chi connectivity index (χ1n) is 6.64. The predicted molar refractivity (Wildman–Crippen MR) is 64.6 cm³/mol. The molecule has 0 saturated heterocycles. The van der Waals surface area contributed by atoms with Crippen LogP contribution in [0.1, 0.15) is 53.4 Å². The fraction of sp³-hybridized carbons (Fsp3) is 0.867. The average Bonchev–Trinajstić information content (AvgIpc) is 2.61. The van der Waals surface area contributed by atoms with E-state index in [4.69, 9.17) is 0 Å². The molecule has 0 unspecified atom stereocenters. The van der Waals surface area contributed by atoms with Crippen molar-refractivity contribution in [2.45, 2.75) is 53.4 Å². The molecular formula is C15H24. The molecule has 2 saturated carbocycles. The zero-order valence-corrected chi connectivity index (χ0v) is 10.6. The van der Waals surface area contributed by atoms with Crippen molar-refractivity contribution in [3.63, 3.8) is 0 Å². The summed E-state index contributed by atoms with van der Waals surface area (Å²) in [5.41, 5.74) is 3.01. The van der Waals surface area contributed by atoms with E-state index in [1.807, 2.05) is 0 Å². The van der Waals surface area contributed by atoms with Gasteiger partial charge in [0.2, 0.25) is 0 Å². The highest BCUT2D eigenvalue weighted by Crippen LogP contribution is 2.70. The van der Waals surface area contributed by atoms with Crippen molar-refractivity contribution in [1.82, 2.24) is 0 Å². The molecule has 0 bridgehead atoms. The third kappa shape index (κ3) is 1.09. The average molecular weight is 204 g/mol. The van der Waals surface area contributed by atoms with Gasteiger partial charge in [0.25, 0.3) is 0 Å². The van der Waals surface area contributed by atoms with Crippen LogP contribution in [0.25, 0.3) is 0 Å². The van der Waals surface area contributed by atoms with Crippen LogP contribution in [0.2, 0.25) is 0 Å². The van der Waals surface area contributed by atoms with Gasteiger partial charge in [-0.1, -0.05) is 32.4 Å². The van der Waals surface area contributed by atoms with Crippen molar-refractivity contribution in [3.8, 4) is 0 Å². The lowest BCUT2D eigenvalue weighted by Gasteiger charge is -2.36. The smallest absolute Gasteiger partial charge is 0.0138 e. The zero-order chi connectivity index (χ0) is 10.8. The molecule has 0 amide bonds. The summed E-state index contributed by atoms with van der Waals surface area (Å²) in [4.78, 5) is 0. The second-order valence-corrected chi connectivity index (χ2v) is 7.21. The summed E-state index contributed by atoms with van der Waals surface area (Å²) >= 11 is 0. The van der Waals surface area contributed by atoms with Crippen molar-refractivity contribution in [2.24, 2.45) is 28.6 Å². The highest BCUT2D eigenvalue weighted by molar-refractivity contribution is 5.28. The summed E-state index contributed by atoms with van der Waals surface area (Å²) in [5, 5.41) is 0. The van der Waals surface area contributed by atoms with Gasteiger partial charge >= 0.3 is 0 Å². The van der Waals surface area contributed by atoms with Gasteiger partial charge in [-0.05, 0) is 61.2 Å². The molecular weight excluding hydrogens is 180 g/mol. The van der Waals surface area contributed by atoms with E-state index in [9.17, 15) is 0 Å². The van der Waals surface area contributed by atoms with Crippen LogP contribution in [0.15, 0.2) is 11.6 Å². The van der Waals surface area contributed by atoms with Crippen molar-refractivity contribution < 1.29 is 0 Å². The molecule has 2 fully saturated rings. The molecule has 3 aliphatic rings. The molecule has 0 aliphatic heterocycles. The van der Waals surface area contributed by atoms with E-state index in [2.05, 4.69) is 33.8 Å². The van der Waals surface area contributed by atoms with Crippen LogP contribution < -0.4 is 0 Å². The molecule has 0 nitrogen and oxygen atoms in total. The van der Waals surface area contributed by atoms with E-state index in [0.29, 0.717) is 10.8 Å². The van der Waals surface area contributed by atoms with Gasteiger partial charge in [-0.15, -0.1) is 0 Å². The predicted octanol–water partition coefficient (Wildman–Crippen LogP) is 4.42. The lowest BCUT2D eigenvalue weighted by Crippen LogP contribution is -2.31. The zero-order valence-electron chi connectivity index (χ0n) is 10.6. The molecule has 0 radical (unpaired) electrons. The topological polar surface area (TPSA) is 0 Å². The van der Waals surface area contributed by atoms with E-state index < -0.39 is 0 Å². The van der Waals surface area contributed by atoms with Gasteiger partial charge in [-0.25, -0.2) is 0 Å². The van der Waals surface area contributed by atoms with Crippen LogP contribution in [-0.2, 0) is 0 Å². The fourth-order valence-corrected chi connectivity index (χ4v) is 5.34. The lowest BCUT2D eigenvalue weighted by molar-refractivity contribution is 0.135.